The van der Waals surface area contributed by atoms with E-state index in [2.05, 4.69) is 34.6 Å². The predicted molar refractivity (Wildman–Crippen MR) is 109 cm³/mol. The minimum atomic E-state index is 0.688. The van der Waals surface area contributed by atoms with Crippen LogP contribution in [0.5, 0.6) is 0 Å². The van der Waals surface area contributed by atoms with Crippen molar-refractivity contribution in [3.8, 4) is 11.4 Å². The molecule has 0 atom stereocenters. The van der Waals surface area contributed by atoms with E-state index in [9.17, 15) is 0 Å². The summed E-state index contributed by atoms with van der Waals surface area (Å²) in [6.07, 6.45) is 0. The average molecular weight is 351 g/mol. The van der Waals surface area contributed by atoms with Gasteiger partial charge in [-0.05, 0) is 31.2 Å². The maximum Gasteiger partial charge on any atom is 0.162 e. The third-order valence-corrected chi connectivity index (χ3v) is 4.59. The van der Waals surface area contributed by atoms with Crippen LogP contribution in [-0.2, 0) is 0 Å². The molecule has 0 unspecified atom stereocenters. The molecule has 0 fully saturated rings. The van der Waals surface area contributed by atoms with E-state index in [0.29, 0.717) is 5.82 Å². The number of nitrogens with zero attached hydrogens (tertiary/aromatic N) is 3. The zero-order chi connectivity index (χ0) is 18.2. The lowest BCUT2D eigenvalue weighted by Crippen LogP contribution is -2.00. The van der Waals surface area contributed by atoms with Crippen LogP contribution in [0.2, 0.25) is 0 Å². The molecule has 0 radical (unpaired) electrons. The minimum absolute atomic E-state index is 0.688. The topological polar surface area (TPSA) is 66.5 Å². The Morgan fingerprint density at radius 2 is 1.59 bits per heavy atom. The second-order valence-corrected chi connectivity index (χ2v) is 6.53. The van der Waals surface area contributed by atoms with E-state index in [1.165, 1.54) is 5.56 Å². The maximum atomic E-state index is 4.80. The molecule has 0 saturated carbocycles. The molecule has 5 nitrogen and oxygen atoms in total. The third kappa shape index (κ3) is 2.79. The lowest BCUT2D eigenvalue weighted by molar-refractivity contribution is 1.11. The standard InChI is InChI=1S/C22H17N5/c1-14-11-12-19-17(13-14)22(27-26-19)25-21-16-9-5-6-10-18(16)23-20(24-21)15-7-3-2-4-8-15/h2-13H,1H3,(H2,23,24,25,26,27). The van der Waals surface area contributed by atoms with Crippen LogP contribution in [0.1, 0.15) is 5.56 Å². The summed E-state index contributed by atoms with van der Waals surface area (Å²) in [7, 11) is 0. The van der Waals surface area contributed by atoms with E-state index in [1.807, 2.05) is 60.7 Å². The number of rotatable bonds is 3. The smallest absolute Gasteiger partial charge is 0.162 e. The Balaban J connectivity index is 1.68. The van der Waals surface area contributed by atoms with Crippen molar-refractivity contribution in [1.29, 1.82) is 0 Å². The Kier molecular flexibility index (Phi) is 3.57. The van der Waals surface area contributed by atoms with E-state index >= 15 is 0 Å². The number of fused-ring (bicyclic) bond motifs is 2. The molecule has 5 heteroatoms. The van der Waals surface area contributed by atoms with Crippen LogP contribution in [0.3, 0.4) is 0 Å². The van der Waals surface area contributed by atoms with Crippen molar-refractivity contribution in [2.24, 2.45) is 0 Å². The third-order valence-electron chi connectivity index (χ3n) is 4.59. The highest BCUT2D eigenvalue weighted by Gasteiger charge is 2.12. The Morgan fingerprint density at radius 1 is 0.778 bits per heavy atom. The van der Waals surface area contributed by atoms with E-state index in [1.54, 1.807) is 0 Å². The van der Waals surface area contributed by atoms with Crippen LogP contribution in [0, 0.1) is 6.92 Å². The molecule has 2 N–H and O–H groups in total. The summed E-state index contributed by atoms with van der Waals surface area (Å²) < 4.78 is 0. The molecule has 5 rings (SSSR count). The molecule has 0 spiro atoms. The first kappa shape index (κ1) is 15.5. The van der Waals surface area contributed by atoms with Gasteiger partial charge in [0.25, 0.3) is 0 Å². The monoisotopic (exact) mass is 351 g/mol. The normalized spacial score (nSPS) is 11.1. The lowest BCUT2D eigenvalue weighted by Gasteiger charge is -2.10. The number of hydrogen-bond donors (Lipinski definition) is 2. The van der Waals surface area contributed by atoms with Gasteiger partial charge in [0, 0.05) is 16.3 Å². The first-order valence-electron chi connectivity index (χ1n) is 8.82. The maximum absolute atomic E-state index is 4.80. The molecule has 2 aromatic heterocycles. The summed E-state index contributed by atoms with van der Waals surface area (Å²) in [5.74, 6) is 2.19. The van der Waals surface area contributed by atoms with Crippen molar-refractivity contribution in [2.45, 2.75) is 6.92 Å². The van der Waals surface area contributed by atoms with E-state index in [-0.39, 0.29) is 0 Å². The van der Waals surface area contributed by atoms with Gasteiger partial charge in [-0.2, -0.15) is 5.10 Å². The Morgan fingerprint density at radius 3 is 2.48 bits per heavy atom. The molecule has 0 bridgehead atoms. The first-order chi connectivity index (χ1) is 13.3. The number of aryl methyl sites for hydroxylation is 1. The fraction of sp³-hybridized carbons (Fsp3) is 0.0455. The number of aromatic amines is 1. The molecular formula is C22H17N5. The SMILES string of the molecule is Cc1ccc2[nH]nc(Nc3nc(-c4ccccc4)nc4ccccc34)c2c1. The van der Waals surface area contributed by atoms with Crippen LogP contribution in [0.15, 0.2) is 72.8 Å². The summed E-state index contributed by atoms with van der Waals surface area (Å²) in [6.45, 7) is 2.07. The van der Waals surface area contributed by atoms with Crippen molar-refractivity contribution in [2.75, 3.05) is 5.32 Å². The molecule has 0 aliphatic heterocycles. The van der Waals surface area contributed by atoms with Crippen molar-refractivity contribution < 1.29 is 0 Å². The van der Waals surface area contributed by atoms with Crippen LogP contribution >= 0.6 is 0 Å². The number of H-pyrrole nitrogens is 1. The predicted octanol–water partition coefficient (Wildman–Crippen LogP) is 5.23. The Bertz CT molecular complexity index is 1260. The molecule has 0 aliphatic rings. The van der Waals surface area contributed by atoms with Gasteiger partial charge in [0.1, 0.15) is 5.82 Å². The highest BCUT2D eigenvalue weighted by atomic mass is 15.2. The average Bonchev–Trinajstić information content (AvgIpc) is 3.10. The van der Waals surface area contributed by atoms with Gasteiger partial charge >= 0.3 is 0 Å². The van der Waals surface area contributed by atoms with Crippen molar-refractivity contribution >= 4 is 33.4 Å². The Labute approximate surface area is 156 Å². The molecule has 0 saturated heterocycles. The van der Waals surface area contributed by atoms with Gasteiger partial charge in [-0.1, -0.05) is 54.1 Å². The van der Waals surface area contributed by atoms with Crippen molar-refractivity contribution in [3.05, 3.63) is 78.4 Å². The fourth-order valence-electron chi connectivity index (χ4n) is 3.22. The van der Waals surface area contributed by atoms with E-state index in [4.69, 9.17) is 9.97 Å². The largest absolute Gasteiger partial charge is 0.322 e. The van der Waals surface area contributed by atoms with E-state index in [0.717, 1.165) is 39.0 Å². The highest BCUT2D eigenvalue weighted by molar-refractivity contribution is 5.97. The summed E-state index contributed by atoms with van der Waals surface area (Å²) in [5.41, 5.74) is 4.05. The molecule has 0 amide bonds. The van der Waals surface area contributed by atoms with Crippen LogP contribution in [-0.4, -0.2) is 20.2 Å². The van der Waals surface area contributed by atoms with Crippen LogP contribution < -0.4 is 5.32 Å². The summed E-state index contributed by atoms with van der Waals surface area (Å²) >= 11 is 0. The molecule has 130 valence electrons. The summed E-state index contributed by atoms with van der Waals surface area (Å²) in [6, 6.07) is 24.2. The molecular weight excluding hydrogens is 334 g/mol. The van der Waals surface area contributed by atoms with Crippen LogP contribution in [0.4, 0.5) is 11.6 Å². The number of para-hydroxylation sites is 1. The summed E-state index contributed by atoms with van der Waals surface area (Å²) in [4.78, 5) is 9.53. The van der Waals surface area contributed by atoms with Gasteiger partial charge < -0.3 is 5.32 Å². The van der Waals surface area contributed by atoms with Gasteiger partial charge in [-0.15, -0.1) is 0 Å². The van der Waals surface area contributed by atoms with Gasteiger partial charge in [-0.25, -0.2) is 9.97 Å². The molecule has 27 heavy (non-hydrogen) atoms. The quantitative estimate of drug-likeness (QED) is 0.467. The fourth-order valence-corrected chi connectivity index (χ4v) is 3.22. The molecule has 2 heterocycles. The van der Waals surface area contributed by atoms with Gasteiger partial charge in [0.2, 0.25) is 0 Å². The van der Waals surface area contributed by atoms with E-state index < -0.39 is 0 Å². The first-order valence-corrected chi connectivity index (χ1v) is 8.82. The number of aromatic nitrogens is 4. The second kappa shape index (κ2) is 6.21. The number of hydrogen-bond acceptors (Lipinski definition) is 4. The number of benzene rings is 3. The lowest BCUT2D eigenvalue weighted by atomic mass is 10.1. The van der Waals surface area contributed by atoms with Gasteiger partial charge in [-0.3, -0.25) is 5.10 Å². The molecule has 5 aromatic rings. The minimum Gasteiger partial charge on any atom is -0.322 e. The van der Waals surface area contributed by atoms with Gasteiger partial charge in [0.05, 0.1) is 11.0 Å². The Hall–Kier alpha value is -3.73. The van der Waals surface area contributed by atoms with Crippen molar-refractivity contribution in [3.63, 3.8) is 0 Å². The number of anilines is 2. The summed E-state index contributed by atoms with van der Waals surface area (Å²) in [5, 5.41) is 12.9. The zero-order valence-electron chi connectivity index (χ0n) is 14.8. The highest BCUT2D eigenvalue weighted by Crippen LogP contribution is 2.29. The number of nitrogens with one attached hydrogen (secondary N) is 2. The zero-order valence-corrected chi connectivity index (χ0v) is 14.8. The molecule has 3 aromatic carbocycles. The van der Waals surface area contributed by atoms with Crippen molar-refractivity contribution in [1.82, 2.24) is 20.2 Å². The van der Waals surface area contributed by atoms with Crippen LogP contribution in [0.25, 0.3) is 33.2 Å². The second-order valence-electron chi connectivity index (χ2n) is 6.53. The van der Waals surface area contributed by atoms with Gasteiger partial charge in [0.15, 0.2) is 11.6 Å². The molecule has 0 aliphatic carbocycles.